The first-order valence-electron chi connectivity index (χ1n) is 8.59. The van der Waals surface area contributed by atoms with Gasteiger partial charge in [-0.2, -0.15) is 5.26 Å². The predicted molar refractivity (Wildman–Crippen MR) is 105 cm³/mol. The van der Waals surface area contributed by atoms with E-state index in [1.165, 1.54) is 18.9 Å². The van der Waals surface area contributed by atoms with Crippen molar-refractivity contribution >= 4 is 17.7 Å². The molecular formula is C19H21N3O5S. The van der Waals surface area contributed by atoms with Gasteiger partial charge in [-0.05, 0) is 31.7 Å². The first kappa shape index (κ1) is 21.3. The highest BCUT2D eigenvalue weighted by Gasteiger charge is 2.20. The number of carbonyl (C=O) groups is 1. The number of nitrogens with one attached hydrogen (secondary N) is 1. The number of aromatic nitrogens is 2. The quantitative estimate of drug-likeness (QED) is 0.294. The smallest absolute Gasteiger partial charge is 0.305 e. The number of carbonyl (C=O) groups excluding carboxylic acids is 1. The number of methoxy groups -OCH3 is 1. The predicted octanol–water partition coefficient (Wildman–Crippen LogP) is 2.76. The Kier molecular flexibility index (Phi) is 7.89. The van der Waals surface area contributed by atoms with Gasteiger partial charge in [0, 0.05) is 12.0 Å². The van der Waals surface area contributed by atoms with E-state index in [9.17, 15) is 14.9 Å². The number of ether oxygens (including phenoxy) is 3. The fraction of sp³-hybridized carbons (Fsp3) is 0.368. The van der Waals surface area contributed by atoms with Crippen LogP contribution >= 0.6 is 11.8 Å². The van der Waals surface area contributed by atoms with Crippen molar-refractivity contribution < 1.29 is 19.0 Å². The summed E-state index contributed by atoms with van der Waals surface area (Å²) in [5, 5.41) is 9.81. The molecule has 1 heterocycles. The minimum Gasteiger partial charge on any atom is -0.493 e. The van der Waals surface area contributed by atoms with E-state index in [4.69, 9.17) is 14.2 Å². The Morgan fingerprint density at radius 2 is 2.18 bits per heavy atom. The number of thioether (sulfide) groups is 1. The number of aromatic amines is 1. The molecule has 0 saturated carbocycles. The molecule has 0 radical (unpaired) electrons. The number of nitriles is 1. The van der Waals surface area contributed by atoms with E-state index in [0.717, 1.165) is 0 Å². The summed E-state index contributed by atoms with van der Waals surface area (Å²) >= 11 is 1.26. The van der Waals surface area contributed by atoms with Crippen molar-refractivity contribution in [3.05, 3.63) is 34.1 Å². The zero-order valence-corrected chi connectivity index (χ0v) is 16.7. The molecule has 9 heteroatoms. The molecule has 0 aliphatic rings. The van der Waals surface area contributed by atoms with Crippen LogP contribution in [0.2, 0.25) is 0 Å². The molecule has 0 saturated heterocycles. The van der Waals surface area contributed by atoms with Crippen molar-refractivity contribution in [1.29, 1.82) is 5.26 Å². The van der Waals surface area contributed by atoms with Crippen LogP contribution < -0.4 is 15.0 Å². The number of rotatable bonds is 9. The number of hydrogen-bond donors (Lipinski definition) is 1. The fourth-order valence-electron chi connectivity index (χ4n) is 2.48. The van der Waals surface area contributed by atoms with Crippen LogP contribution in [0.1, 0.15) is 25.3 Å². The lowest BCUT2D eigenvalue weighted by atomic mass is 10.1. The van der Waals surface area contributed by atoms with Crippen molar-refractivity contribution in [3.8, 4) is 28.8 Å². The topological polar surface area (TPSA) is 114 Å². The Morgan fingerprint density at radius 3 is 2.82 bits per heavy atom. The lowest BCUT2D eigenvalue weighted by molar-refractivity contribution is -0.143. The molecule has 0 spiro atoms. The Labute approximate surface area is 166 Å². The van der Waals surface area contributed by atoms with Crippen molar-refractivity contribution in [2.24, 2.45) is 0 Å². The van der Waals surface area contributed by atoms with Gasteiger partial charge >= 0.3 is 5.97 Å². The molecule has 28 heavy (non-hydrogen) atoms. The third-order valence-corrected chi connectivity index (χ3v) is 4.31. The normalized spacial score (nSPS) is 10.2. The van der Waals surface area contributed by atoms with Crippen molar-refractivity contribution in [2.45, 2.75) is 24.9 Å². The first-order chi connectivity index (χ1) is 13.5. The number of esters is 1. The Balaban J connectivity index is 2.39. The third-order valence-electron chi connectivity index (χ3n) is 3.73. The summed E-state index contributed by atoms with van der Waals surface area (Å²) in [6.45, 7) is 2.31. The maximum atomic E-state index is 12.2. The van der Waals surface area contributed by atoms with Gasteiger partial charge in [-0.25, -0.2) is 4.98 Å². The largest absolute Gasteiger partial charge is 0.493 e. The van der Waals surface area contributed by atoms with E-state index < -0.39 is 5.56 Å². The second-order valence-corrected chi connectivity index (χ2v) is 6.30. The van der Waals surface area contributed by atoms with Crippen LogP contribution in [-0.4, -0.2) is 42.5 Å². The van der Waals surface area contributed by atoms with Crippen LogP contribution in [0, 0.1) is 11.3 Å². The fourth-order valence-corrected chi connectivity index (χ4v) is 2.86. The molecule has 2 aromatic rings. The number of H-pyrrole nitrogens is 1. The highest BCUT2D eigenvalue weighted by Crippen LogP contribution is 2.38. The van der Waals surface area contributed by atoms with E-state index in [0.29, 0.717) is 35.2 Å². The van der Waals surface area contributed by atoms with Crippen LogP contribution in [0.3, 0.4) is 0 Å². The van der Waals surface area contributed by atoms with Gasteiger partial charge in [0.15, 0.2) is 16.7 Å². The van der Waals surface area contributed by atoms with Crippen molar-refractivity contribution in [1.82, 2.24) is 9.97 Å². The zero-order valence-electron chi connectivity index (χ0n) is 15.9. The summed E-state index contributed by atoms with van der Waals surface area (Å²) in [6.07, 6.45) is 2.44. The highest BCUT2D eigenvalue weighted by atomic mass is 32.2. The van der Waals surface area contributed by atoms with Crippen molar-refractivity contribution in [3.63, 3.8) is 0 Å². The minimum atomic E-state index is -0.520. The summed E-state index contributed by atoms with van der Waals surface area (Å²) in [7, 11) is 1.49. The lowest BCUT2D eigenvalue weighted by Gasteiger charge is -2.15. The standard InChI is InChI=1S/C19H21N3O5S/c1-4-26-15(23)9-6-10-27-17-12(7-5-8-14(17)25-2)16-13(11-20)18(24)22-19(21-16)28-3/h5,7-8H,4,6,9-10H2,1-3H3,(H,21,22,24). The number of nitrogens with zero attached hydrogens (tertiary/aromatic N) is 2. The molecule has 148 valence electrons. The Bertz CT molecular complexity index is 936. The molecule has 0 bridgehead atoms. The molecule has 1 aromatic heterocycles. The van der Waals surface area contributed by atoms with Gasteiger partial charge in [-0.1, -0.05) is 17.8 Å². The summed E-state index contributed by atoms with van der Waals surface area (Å²) < 4.78 is 16.1. The molecule has 1 N–H and O–H groups in total. The molecule has 0 aliphatic heterocycles. The molecule has 1 aromatic carbocycles. The van der Waals surface area contributed by atoms with Gasteiger partial charge < -0.3 is 19.2 Å². The van der Waals surface area contributed by atoms with Crippen LogP contribution in [0.25, 0.3) is 11.3 Å². The molecule has 0 unspecified atom stereocenters. The van der Waals surface area contributed by atoms with Crippen LogP contribution in [0.15, 0.2) is 28.2 Å². The summed E-state index contributed by atoms with van der Waals surface area (Å²) in [5.74, 6) is 0.500. The summed E-state index contributed by atoms with van der Waals surface area (Å²) in [6, 6.07) is 7.04. The van der Waals surface area contributed by atoms with E-state index in [-0.39, 0.29) is 30.3 Å². The molecule has 0 amide bonds. The average molecular weight is 403 g/mol. The Morgan fingerprint density at radius 1 is 1.39 bits per heavy atom. The van der Waals surface area contributed by atoms with E-state index in [1.807, 2.05) is 6.07 Å². The molecular weight excluding hydrogens is 382 g/mol. The Hall–Kier alpha value is -2.99. The second kappa shape index (κ2) is 10.4. The van der Waals surface area contributed by atoms with Gasteiger partial charge in [0.05, 0.1) is 20.3 Å². The van der Waals surface area contributed by atoms with E-state index in [1.54, 1.807) is 31.4 Å². The van der Waals surface area contributed by atoms with Gasteiger partial charge in [0.1, 0.15) is 17.3 Å². The van der Waals surface area contributed by atoms with E-state index in [2.05, 4.69) is 9.97 Å². The lowest BCUT2D eigenvalue weighted by Crippen LogP contribution is -2.15. The monoisotopic (exact) mass is 403 g/mol. The summed E-state index contributed by atoms with van der Waals surface area (Å²) in [4.78, 5) is 30.6. The molecule has 0 aliphatic carbocycles. The third kappa shape index (κ3) is 5.04. The van der Waals surface area contributed by atoms with Crippen molar-refractivity contribution in [2.75, 3.05) is 26.6 Å². The molecule has 2 rings (SSSR count). The number of para-hydroxylation sites is 1. The summed E-state index contributed by atoms with van der Waals surface area (Å²) in [5.41, 5.74) is 0.0543. The first-order valence-corrected chi connectivity index (χ1v) is 9.82. The molecule has 0 atom stereocenters. The SMILES string of the molecule is CCOC(=O)CCCOc1c(OC)cccc1-c1nc(SC)[nH]c(=O)c1C#N. The van der Waals surface area contributed by atoms with Gasteiger partial charge in [-0.15, -0.1) is 0 Å². The maximum Gasteiger partial charge on any atom is 0.305 e. The highest BCUT2D eigenvalue weighted by molar-refractivity contribution is 7.98. The maximum absolute atomic E-state index is 12.2. The van der Waals surface area contributed by atoms with Gasteiger partial charge in [-0.3, -0.25) is 9.59 Å². The van der Waals surface area contributed by atoms with Crippen LogP contribution in [-0.2, 0) is 9.53 Å². The van der Waals surface area contributed by atoms with Crippen LogP contribution in [0.4, 0.5) is 0 Å². The molecule has 0 fully saturated rings. The molecule has 8 nitrogen and oxygen atoms in total. The number of benzene rings is 1. The van der Waals surface area contributed by atoms with Gasteiger partial charge in [0.25, 0.3) is 5.56 Å². The number of hydrogen-bond acceptors (Lipinski definition) is 8. The average Bonchev–Trinajstić information content (AvgIpc) is 2.70. The minimum absolute atomic E-state index is 0.109. The van der Waals surface area contributed by atoms with Gasteiger partial charge in [0.2, 0.25) is 0 Å². The second-order valence-electron chi connectivity index (χ2n) is 5.50. The zero-order chi connectivity index (χ0) is 20.5. The van der Waals surface area contributed by atoms with Crippen LogP contribution in [0.5, 0.6) is 11.5 Å². The van der Waals surface area contributed by atoms with E-state index >= 15 is 0 Å².